The van der Waals surface area contributed by atoms with Crippen LogP contribution in [0.2, 0.25) is 0 Å². The van der Waals surface area contributed by atoms with Crippen molar-refractivity contribution >= 4 is 29.3 Å². The molecule has 222 valence electrons. The SMILES string of the molecule is COc1ccc(C(=O)Nc2ccccc2NC(=O)c2ccc(OC)cc2OC2CCN(C(=O)OC(C)(C)C)CC2)cc1. The van der Waals surface area contributed by atoms with E-state index in [9.17, 15) is 14.4 Å². The molecule has 10 nitrogen and oxygen atoms in total. The minimum atomic E-state index is -0.565. The maximum absolute atomic E-state index is 13.5. The van der Waals surface area contributed by atoms with Crippen molar-refractivity contribution in [3.63, 3.8) is 0 Å². The molecule has 1 heterocycles. The van der Waals surface area contributed by atoms with E-state index in [2.05, 4.69) is 10.6 Å². The molecule has 10 heteroatoms. The second-order valence-electron chi connectivity index (χ2n) is 10.8. The summed E-state index contributed by atoms with van der Waals surface area (Å²) in [6.45, 7) is 6.47. The number of methoxy groups -OCH3 is 2. The Kier molecular flexibility index (Phi) is 9.57. The first-order valence-electron chi connectivity index (χ1n) is 13.7. The van der Waals surface area contributed by atoms with Crippen molar-refractivity contribution in [2.75, 3.05) is 37.9 Å². The minimum Gasteiger partial charge on any atom is -0.497 e. The molecule has 2 N–H and O–H groups in total. The minimum absolute atomic E-state index is 0.210. The van der Waals surface area contributed by atoms with Crippen molar-refractivity contribution in [2.24, 2.45) is 0 Å². The zero-order valence-corrected chi connectivity index (χ0v) is 24.6. The number of anilines is 2. The van der Waals surface area contributed by atoms with Gasteiger partial charge in [0.1, 0.15) is 29.0 Å². The van der Waals surface area contributed by atoms with Crippen molar-refractivity contribution in [3.8, 4) is 17.2 Å². The van der Waals surface area contributed by atoms with Gasteiger partial charge in [-0.15, -0.1) is 0 Å². The summed E-state index contributed by atoms with van der Waals surface area (Å²) in [5.41, 5.74) is 1.06. The van der Waals surface area contributed by atoms with Crippen LogP contribution in [0, 0.1) is 0 Å². The summed E-state index contributed by atoms with van der Waals surface area (Å²) < 4.78 is 22.3. The van der Waals surface area contributed by atoms with E-state index >= 15 is 0 Å². The molecule has 0 aliphatic carbocycles. The number of para-hydroxylation sites is 2. The van der Waals surface area contributed by atoms with Crippen molar-refractivity contribution in [1.82, 2.24) is 4.90 Å². The number of carbonyl (C=O) groups excluding carboxylic acids is 3. The van der Waals surface area contributed by atoms with Crippen LogP contribution in [0.25, 0.3) is 0 Å². The molecule has 0 bridgehead atoms. The first-order valence-corrected chi connectivity index (χ1v) is 13.7. The molecule has 1 aliphatic heterocycles. The van der Waals surface area contributed by atoms with Crippen LogP contribution in [0.1, 0.15) is 54.3 Å². The Hall–Kier alpha value is -4.73. The summed E-state index contributed by atoms with van der Waals surface area (Å²) in [6.07, 6.45) is 0.605. The number of nitrogens with zero attached hydrogens (tertiary/aromatic N) is 1. The van der Waals surface area contributed by atoms with Gasteiger partial charge in [-0.2, -0.15) is 0 Å². The highest BCUT2D eigenvalue weighted by Gasteiger charge is 2.28. The van der Waals surface area contributed by atoms with E-state index in [0.717, 1.165) is 0 Å². The number of likely N-dealkylation sites (tertiary alicyclic amines) is 1. The summed E-state index contributed by atoms with van der Waals surface area (Å²) in [5, 5.41) is 5.76. The van der Waals surface area contributed by atoms with Crippen molar-refractivity contribution < 1.29 is 33.3 Å². The van der Waals surface area contributed by atoms with Crippen molar-refractivity contribution in [1.29, 1.82) is 0 Å². The molecular weight excluding hydrogens is 538 g/mol. The lowest BCUT2D eigenvalue weighted by atomic mass is 10.1. The normalized spacial score (nSPS) is 13.6. The number of rotatable bonds is 8. The average molecular weight is 576 g/mol. The molecule has 0 atom stereocenters. The molecule has 3 aromatic carbocycles. The molecule has 0 spiro atoms. The summed E-state index contributed by atoms with van der Waals surface area (Å²) in [7, 11) is 3.10. The molecule has 4 rings (SSSR count). The molecule has 1 fully saturated rings. The summed E-state index contributed by atoms with van der Waals surface area (Å²) in [5.74, 6) is 0.808. The van der Waals surface area contributed by atoms with Gasteiger partial charge in [-0.1, -0.05) is 12.1 Å². The first kappa shape index (κ1) is 30.2. The average Bonchev–Trinajstić information content (AvgIpc) is 2.97. The van der Waals surface area contributed by atoms with Gasteiger partial charge >= 0.3 is 6.09 Å². The van der Waals surface area contributed by atoms with E-state index in [-0.39, 0.29) is 18.1 Å². The lowest BCUT2D eigenvalue weighted by Crippen LogP contribution is -2.44. The molecule has 3 amide bonds. The zero-order chi connectivity index (χ0) is 30.3. The fourth-order valence-corrected chi connectivity index (χ4v) is 4.40. The largest absolute Gasteiger partial charge is 0.497 e. The van der Waals surface area contributed by atoms with Crippen LogP contribution in [-0.2, 0) is 4.74 Å². The monoisotopic (exact) mass is 575 g/mol. The molecule has 42 heavy (non-hydrogen) atoms. The third-order valence-corrected chi connectivity index (χ3v) is 6.60. The van der Waals surface area contributed by atoms with Crippen LogP contribution in [0.4, 0.5) is 16.2 Å². The van der Waals surface area contributed by atoms with Crippen LogP contribution in [-0.4, -0.2) is 61.8 Å². The fourth-order valence-electron chi connectivity index (χ4n) is 4.40. The number of hydrogen-bond donors (Lipinski definition) is 2. The topological polar surface area (TPSA) is 115 Å². The number of ether oxygens (including phenoxy) is 4. The van der Waals surface area contributed by atoms with Gasteiger partial charge in [-0.3, -0.25) is 9.59 Å². The molecule has 0 unspecified atom stereocenters. The summed E-state index contributed by atoms with van der Waals surface area (Å²) >= 11 is 0. The van der Waals surface area contributed by atoms with Gasteiger partial charge in [0.15, 0.2) is 0 Å². The van der Waals surface area contributed by atoms with E-state index in [1.807, 2.05) is 20.8 Å². The standard InChI is InChI=1S/C32H37N3O7/c1-32(2,3)42-31(38)35-18-16-23(17-19-35)41-28-20-24(40-5)14-15-25(28)30(37)34-27-9-7-6-8-26(27)33-29(36)21-10-12-22(39-4)13-11-21/h6-15,20,23H,16-19H2,1-5H3,(H,33,36)(H,34,37). The molecule has 3 aromatic rings. The number of piperidine rings is 1. The Bertz CT molecular complexity index is 1410. The van der Waals surface area contributed by atoms with Crippen molar-refractivity contribution in [2.45, 2.75) is 45.3 Å². The lowest BCUT2D eigenvalue weighted by Gasteiger charge is -2.33. The highest BCUT2D eigenvalue weighted by molar-refractivity contribution is 6.10. The van der Waals surface area contributed by atoms with Gasteiger partial charge in [0.2, 0.25) is 0 Å². The number of nitrogens with one attached hydrogen (secondary N) is 2. The third-order valence-electron chi connectivity index (χ3n) is 6.60. The first-order chi connectivity index (χ1) is 20.1. The highest BCUT2D eigenvalue weighted by atomic mass is 16.6. The van der Waals surface area contributed by atoms with Crippen LogP contribution >= 0.6 is 0 Å². The predicted octanol–water partition coefficient (Wildman–Crippen LogP) is 5.99. The molecule has 1 saturated heterocycles. The van der Waals surface area contributed by atoms with E-state index in [1.54, 1.807) is 85.8 Å². The van der Waals surface area contributed by atoms with Gasteiger partial charge in [0.05, 0.1) is 31.2 Å². The zero-order valence-electron chi connectivity index (χ0n) is 24.6. The number of amides is 3. The van der Waals surface area contributed by atoms with Gasteiger partial charge in [0.25, 0.3) is 11.8 Å². The Balaban J connectivity index is 1.45. The van der Waals surface area contributed by atoms with Crippen LogP contribution in [0.5, 0.6) is 17.2 Å². The molecule has 0 aromatic heterocycles. The third kappa shape index (κ3) is 7.93. The molecule has 0 radical (unpaired) electrons. The van der Waals surface area contributed by atoms with Crippen LogP contribution < -0.4 is 24.8 Å². The highest BCUT2D eigenvalue weighted by Crippen LogP contribution is 2.30. The predicted molar refractivity (Wildman–Crippen MR) is 160 cm³/mol. The maximum Gasteiger partial charge on any atom is 0.410 e. The van der Waals surface area contributed by atoms with E-state index in [4.69, 9.17) is 18.9 Å². The summed E-state index contributed by atoms with van der Waals surface area (Å²) in [6, 6.07) is 18.7. The number of carbonyl (C=O) groups is 3. The number of hydrogen-bond acceptors (Lipinski definition) is 7. The number of benzene rings is 3. The Morgan fingerprint density at radius 2 is 1.36 bits per heavy atom. The van der Waals surface area contributed by atoms with E-state index in [1.165, 1.54) is 0 Å². The lowest BCUT2D eigenvalue weighted by molar-refractivity contribution is 0.0126. The smallest absolute Gasteiger partial charge is 0.410 e. The van der Waals surface area contributed by atoms with Gasteiger partial charge in [-0.25, -0.2) is 4.79 Å². The second-order valence-corrected chi connectivity index (χ2v) is 10.8. The quantitative estimate of drug-likeness (QED) is 0.339. The van der Waals surface area contributed by atoms with Gasteiger partial charge in [-0.05, 0) is 69.3 Å². The second kappa shape index (κ2) is 13.3. The molecular formula is C32H37N3O7. The van der Waals surface area contributed by atoms with Crippen LogP contribution in [0.15, 0.2) is 66.7 Å². The van der Waals surface area contributed by atoms with Crippen molar-refractivity contribution in [3.05, 3.63) is 77.9 Å². The fraction of sp³-hybridized carbons (Fsp3) is 0.344. The van der Waals surface area contributed by atoms with Crippen LogP contribution in [0.3, 0.4) is 0 Å². The Labute approximate surface area is 245 Å². The Morgan fingerprint density at radius 1 is 0.786 bits per heavy atom. The van der Waals surface area contributed by atoms with E-state index < -0.39 is 11.5 Å². The maximum atomic E-state index is 13.5. The van der Waals surface area contributed by atoms with Gasteiger partial charge < -0.3 is 34.5 Å². The molecule has 0 saturated carbocycles. The van der Waals surface area contributed by atoms with E-state index in [0.29, 0.717) is 65.7 Å². The Morgan fingerprint density at radius 3 is 1.93 bits per heavy atom. The summed E-state index contributed by atoms with van der Waals surface area (Å²) in [4.78, 5) is 40.5. The van der Waals surface area contributed by atoms with Gasteiger partial charge in [0, 0.05) is 37.6 Å². The molecule has 1 aliphatic rings.